The highest BCUT2D eigenvalue weighted by Gasteiger charge is 2.59. The number of benzene rings is 2. The molecule has 0 bridgehead atoms. The summed E-state index contributed by atoms with van der Waals surface area (Å²) in [5, 5.41) is 20.1. The minimum Gasteiger partial charge on any atom is -0.595 e. The number of nitrogens with zero attached hydrogens (tertiary/aromatic N) is 2. The van der Waals surface area contributed by atoms with Crippen molar-refractivity contribution in [3.8, 4) is 5.75 Å². The molecule has 5 rings (SSSR count). The maximum atomic E-state index is 13.6. The van der Waals surface area contributed by atoms with Crippen molar-refractivity contribution in [3.63, 3.8) is 0 Å². The Bertz CT molecular complexity index is 1190. The van der Waals surface area contributed by atoms with Gasteiger partial charge in [0.25, 0.3) is 5.91 Å². The number of urea groups is 1. The van der Waals surface area contributed by atoms with Crippen LogP contribution in [0.25, 0.3) is 10.9 Å². The van der Waals surface area contributed by atoms with E-state index in [0.717, 1.165) is 27.1 Å². The lowest BCUT2D eigenvalue weighted by atomic mass is 9.87. The van der Waals surface area contributed by atoms with Gasteiger partial charge in [-0.2, -0.15) is 5.23 Å². The minimum absolute atomic E-state index is 0.0913. The molecule has 1 saturated heterocycles. The van der Waals surface area contributed by atoms with Gasteiger partial charge in [-0.1, -0.05) is 0 Å². The molecule has 9 nitrogen and oxygen atoms in total. The van der Waals surface area contributed by atoms with Gasteiger partial charge in [-0.05, 0) is 49.2 Å². The van der Waals surface area contributed by atoms with Crippen molar-refractivity contribution in [1.29, 1.82) is 0 Å². The fourth-order valence-corrected chi connectivity index (χ4v) is 4.53. The van der Waals surface area contributed by atoms with Gasteiger partial charge >= 0.3 is 6.03 Å². The number of ether oxygens (including phenoxy) is 1. The molecule has 30 heavy (non-hydrogen) atoms. The summed E-state index contributed by atoms with van der Waals surface area (Å²) in [6.45, 7) is 2.16. The number of amides is 3. The predicted octanol–water partition coefficient (Wildman–Crippen LogP) is 1.82. The summed E-state index contributed by atoms with van der Waals surface area (Å²) >= 11 is 0. The SMILES string of the molecule is COc1ccc2[nH]c3c(c2c1)CCN1C(=O)N(c2ccc([NH+]([O-])O)cc2)C(=O)[C@]31C. The molecule has 0 aliphatic carbocycles. The number of nitrogens with one attached hydrogen (secondary N) is 2. The number of carbonyl (C=O) groups excluding carboxylic acids is 2. The fraction of sp³-hybridized carbons (Fsp3) is 0.238. The number of hydrogen-bond donors (Lipinski definition) is 3. The van der Waals surface area contributed by atoms with E-state index in [4.69, 9.17) is 9.94 Å². The monoisotopic (exact) mass is 408 g/mol. The van der Waals surface area contributed by atoms with Crippen LogP contribution >= 0.6 is 0 Å². The van der Waals surface area contributed by atoms with Gasteiger partial charge in [-0.3, -0.25) is 4.79 Å². The van der Waals surface area contributed by atoms with Gasteiger partial charge in [0.15, 0.2) is 11.2 Å². The molecular formula is C21H20N4O5. The van der Waals surface area contributed by atoms with Crippen molar-refractivity contribution in [2.24, 2.45) is 0 Å². The molecule has 2 aliphatic rings. The first-order valence-electron chi connectivity index (χ1n) is 9.55. The Kier molecular flexibility index (Phi) is 3.91. The third-order valence-corrected chi connectivity index (χ3v) is 6.14. The molecule has 1 fully saturated rings. The topological polar surface area (TPSA) is 113 Å². The zero-order valence-electron chi connectivity index (χ0n) is 16.4. The number of fused-ring (bicyclic) bond motifs is 5. The van der Waals surface area contributed by atoms with E-state index in [1.54, 1.807) is 18.9 Å². The van der Waals surface area contributed by atoms with Crippen molar-refractivity contribution >= 4 is 34.2 Å². The molecular weight excluding hydrogens is 388 g/mol. The van der Waals surface area contributed by atoms with Crippen LogP contribution in [0.4, 0.5) is 16.2 Å². The predicted molar refractivity (Wildman–Crippen MR) is 108 cm³/mol. The number of aromatic nitrogens is 1. The lowest BCUT2D eigenvalue weighted by Crippen LogP contribution is -2.99. The molecule has 2 atom stereocenters. The molecule has 0 saturated carbocycles. The average Bonchev–Trinajstić information content (AvgIpc) is 3.21. The van der Waals surface area contributed by atoms with Gasteiger partial charge < -0.3 is 19.8 Å². The number of anilines is 1. The Morgan fingerprint density at radius 2 is 1.93 bits per heavy atom. The minimum atomic E-state index is -1.16. The molecule has 3 aromatic rings. The van der Waals surface area contributed by atoms with E-state index >= 15 is 0 Å². The standard InChI is InChI=1S/C21H20N4O5/c1-21-18-15(16-11-14(30-2)7-8-17(16)22-18)9-10-23(21)20(27)24(19(21)26)12-3-5-13(6-4-12)25(28)29/h3-8,11,22,25,28H,9-10H2,1-2H3/t21-/m0/s1. The number of methoxy groups -OCH3 is 1. The average molecular weight is 408 g/mol. The molecule has 3 amide bonds. The van der Waals surface area contributed by atoms with E-state index in [9.17, 15) is 14.8 Å². The van der Waals surface area contributed by atoms with Gasteiger partial charge in [-0.25, -0.2) is 14.9 Å². The molecule has 1 aromatic heterocycles. The zero-order valence-corrected chi connectivity index (χ0v) is 16.4. The molecule has 9 heteroatoms. The molecule has 2 aromatic carbocycles. The van der Waals surface area contributed by atoms with E-state index in [-0.39, 0.29) is 11.6 Å². The van der Waals surface area contributed by atoms with Gasteiger partial charge in [0.1, 0.15) is 5.75 Å². The second-order valence-electron chi connectivity index (χ2n) is 7.64. The molecule has 154 valence electrons. The summed E-state index contributed by atoms with van der Waals surface area (Å²) in [7, 11) is 1.61. The molecule has 0 spiro atoms. The quantitative estimate of drug-likeness (QED) is 0.452. The van der Waals surface area contributed by atoms with E-state index in [1.807, 2.05) is 18.2 Å². The number of aromatic amines is 1. The summed E-state index contributed by atoms with van der Waals surface area (Å²) in [6, 6.07) is 11.0. The van der Waals surface area contributed by atoms with Crippen molar-refractivity contribution in [2.75, 3.05) is 18.6 Å². The lowest BCUT2D eigenvalue weighted by molar-refractivity contribution is -0.991. The number of H-pyrrole nitrogens is 1. The van der Waals surface area contributed by atoms with Crippen LogP contribution in [0.1, 0.15) is 18.2 Å². The highest BCUT2D eigenvalue weighted by Crippen LogP contribution is 2.45. The van der Waals surface area contributed by atoms with Crippen molar-refractivity contribution in [3.05, 3.63) is 58.9 Å². The Morgan fingerprint density at radius 3 is 2.60 bits per heavy atom. The third-order valence-electron chi connectivity index (χ3n) is 6.14. The Morgan fingerprint density at radius 1 is 1.20 bits per heavy atom. The summed E-state index contributed by atoms with van der Waals surface area (Å²) in [4.78, 5) is 32.8. The van der Waals surface area contributed by atoms with E-state index in [2.05, 4.69) is 4.98 Å². The van der Waals surface area contributed by atoms with Crippen LogP contribution in [0, 0.1) is 5.21 Å². The molecule has 3 heterocycles. The van der Waals surface area contributed by atoms with Crippen LogP contribution in [-0.2, 0) is 16.8 Å². The molecule has 0 radical (unpaired) electrons. The fourth-order valence-electron chi connectivity index (χ4n) is 4.53. The first kappa shape index (κ1) is 18.6. The van der Waals surface area contributed by atoms with Crippen LogP contribution in [0.3, 0.4) is 0 Å². The second kappa shape index (κ2) is 6.30. The summed E-state index contributed by atoms with van der Waals surface area (Å²) in [6.07, 6.45) is 0.614. The van der Waals surface area contributed by atoms with Crippen LogP contribution in [0.2, 0.25) is 0 Å². The van der Waals surface area contributed by atoms with Crippen molar-refractivity contribution in [2.45, 2.75) is 18.9 Å². The number of rotatable bonds is 3. The molecule has 1 unspecified atom stereocenters. The Labute approximate surface area is 171 Å². The van der Waals surface area contributed by atoms with Crippen LogP contribution in [0.5, 0.6) is 5.75 Å². The molecule has 3 N–H and O–H groups in total. The van der Waals surface area contributed by atoms with E-state index < -0.39 is 16.8 Å². The van der Waals surface area contributed by atoms with Gasteiger partial charge in [0.05, 0.1) is 18.5 Å². The first-order valence-corrected chi connectivity index (χ1v) is 9.55. The Hall–Kier alpha value is -3.40. The highest BCUT2D eigenvalue weighted by molar-refractivity contribution is 6.23. The smallest absolute Gasteiger partial charge is 0.332 e. The maximum absolute atomic E-state index is 13.6. The van der Waals surface area contributed by atoms with Gasteiger partial charge in [0, 0.05) is 29.6 Å². The van der Waals surface area contributed by atoms with Crippen LogP contribution in [0.15, 0.2) is 42.5 Å². The number of carbonyl (C=O) groups is 2. The zero-order chi connectivity index (χ0) is 21.2. The van der Waals surface area contributed by atoms with Crippen molar-refractivity contribution < 1.29 is 24.8 Å². The second-order valence-corrected chi connectivity index (χ2v) is 7.64. The highest BCUT2D eigenvalue weighted by atomic mass is 16.8. The molecule has 2 aliphatic heterocycles. The van der Waals surface area contributed by atoms with Crippen LogP contribution in [-0.4, -0.2) is 40.7 Å². The number of quaternary nitrogens is 1. The number of imide groups is 1. The van der Waals surface area contributed by atoms with Crippen molar-refractivity contribution in [1.82, 2.24) is 9.88 Å². The first-order chi connectivity index (χ1) is 14.4. The van der Waals surface area contributed by atoms with Gasteiger partial charge in [-0.15, -0.1) is 0 Å². The lowest BCUT2D eigenvalue weighted by Gasteiger charge is -2.35. The largest absolute Gasteiger partial charge is 0.595 e. The van der Waals surface area contributed by atoms with Crippen LogP contribution < -0.4 is 14.9 Å². The number of hydrogen-bond acceptors (Lipinski definition) is 5. The van der Waals surface area contributed by atoms with E-state index in [1.165, 1.54) is 24.3 Å². The normalized spacial score (nSPS) is 21.7. The van der Waals surface area contributed by atoms with Gasteiger partial charge in [0.2, 0.25) is 0 Å². The summed E-state index contributed by atoms with van der Waals surface area (Å²) in [5.74, 6) is 0.362. The maximum Gasteiger partial charge on any atom is 0.332 e. The summed E-state index contributed by atoms with van der Waals surface area (Å²) < 4.78 is 5.34. The summed E-state index contributed by atoms with van der Waals surface area (Å²) in [5.41, 5.74) is 1.88. The third kappa shape index (κ3) is 2.34. The Balaban J connectivity index is 1.62. The van der Waals surface area contributed by atoms with E-state index in [0.29, 0.717) is 24.3 Å².